The van der Waals surface area contributed by atoms with E-state index in [-0.39, 0.29) is 6.61 Å². The minimum atomic E-state index is -5.08. The first-order valence-corrected chi connectivity index (χ1v) is 9.23. The summed E-state index contributed by atoms with van der Waals surface area (Å²) in [6, 6.07) is 7.92. The minimum absolute atomic E-state index is 0.276. The first-order valence-electron chi connectivity index (χ1n) is 9.23. The minimum Gasteiger partial charge on any atom is -0.475 e. The van der Waals surface area contributed by atoms with E-state index in [1.807, 2.05) is 38.1 Å². The van der Waals surface area contributed by atoms with Gasteiger partial charge in [0, 0.05) is 11.9 Å². The van der Waals surface area contributed by atoms with Crippen LogP contribution in [0.4, 0.5) is 19.0 Å². The van der Waals surface area contributed by atoms with Gasteiger partial charge in [-0.05, 0) is 32.9 Å². The first kappa shape index (κ1) is 23.9. The number of rotatable bonds is 6. The number of hydrogen-bond acceptors (Lipinski definition) is 7. The number of nitrogen functional groups attached to an aromatic ring is 1. The summed E-state index contributed by atoms with van der Waals surface area (Å²) in [4.78, 5) is 23.4. The number of pyridine rings is 1. The smallest absolute Gasteiger partial charge is 0.475 e. The van der Waals surface area contributed by atoms with Crippen molar-refractivity contribution in [3.8, 4) is 0 Å². The van der Waals surface area contributed by atoms with Crippen molar-refractivity contribution in [2.75, 3.05) is 12.3 Å². The summed E-state index contributed by atoms with van der Waals surface area (Å²) in [5, 5.41) is 12.1. The lowest BCUT2D eigenvalue weighted by Crippen LogP contribution is -2.21. The van der Waals surface area contributed by atoms with Crippen LogP contribution < -0.4 is 11.5 Å². The van der Waals surface area contributed by atoms with Crippen LogP contribution in [0.25, 0.3) is 21.9 Å². The predicted octanol–water partition coefficient (Wildman–Crippen LogP) is 3.06. The second-order valence-corrected chi connectivity index (χ2v) is 6.65. The maximum atomic E-state index is 10.6. The molecular weight excluding hydrogens is 417 g/mol. The van der Waals surface area contributed by atoms with E-state index in [9.17, 15) is 13.2 Å². The summed E-state index contributed by atoms with van der Waals surface area (Å²) >= 11 is 0. The molecule has 0 aliphatic heterocycles. The van der Waals surface area contributed by atoms with Crippen LogP contribution in [0, 0.1) is 0 Å². The SMILES string of the molecule is CC(C)=NOCc1nc2c(N)nc3ccccc3c2n1CCCN.O=C(O)C(F)(F)F. The number of hydrogen-bond donors (Lipinski definition) is 3. The normalized spacial score (nSPS) is 11.2. The molecule has 0 fully saturated rings. The van der Waals surface area contributed by atoms with E-state index in [1.54, 1.807) is 0 Å². The average molecular weight is 440 g/mol. The monoisotopic (exact) mass is 440 g/mol. The Morgan fingerprint density at radius 3 is 2.48 bits per heavy atom. The van der Waals surface area contributed by atoms with E-state index < -0.39 is 12.1 Å². The molecule has 2 aromatic heterocycles. The maximum Gasteiger partial charge on any atom is 0.490 e. The van der Waals surface area contributed by atoms with Crippen LogP contribution in [-0.2, 0) is 22.8 Å². The average Bonchev–Trinajstić information content (AvgIpc) is 3.05. The zero-order valence-corrected chi connectivity index (χ0v) is 17.0. The Bertz CT molecular complexity index is 1090. The highest BCUT2D eigenvalue weighted by Gasteiger charge is 2.38. The Morgan fingerprint density at radius 2 is 1.90 bits per heavy atom. The van der Waals surface area contributed by atoms with E-state index in [0.717, 1.165) is 40.9 Å². The molecule has 168 valence electrons. The molecule has 0 aliphatic carbocycles. The molecule has 3 aromatic rings. The van der Waals surface area contributed by atoms with E-state index >= 15 is 0 Å². The Kier molecular flexibility index (Phi) is 7.75. The Morgan fingerprint density at radius 1 is 1.26 bits per heavy atom. The maximum absolute atomic E-state index is 10.6. The largest absolute Gasteiger partial charge is 0.490 e. The third-order valence-corrected chi connectivity index (χ3v) is 3.96. The van der Waals surface area contributed by atoms with Crippen molar-refractivity contribution in [3.05, 3.63) is 30.1 Å². The molecule has 3 rings (SSSR count). The summed E-state index contributed by atoms with van der Waals surface area (Å²) in [7, 11) is 0. The highest BCUT2D eigenvalue weighted by atomic mass is 19.4. The molecule has 0 spiro atoms. The van der Waals surface area contributed by atoms with Crippen molar-refractivity contribution in [1.82, 2.24) is 14.5 Å². The number of imidazole rings is 1. The van der Waals surface area contributed by atoms with Gasteiger partial charge in [0.25, 0.3) is 0 Å². The molecule has 0 radical (unpaired) electrons. The topological polar surface area (TPSA) is 142 Å². The van der Waals surface area contributed by atoms with Gasteiger partial charge in [-0.1, -0.05) is 23.4 Å². The molecular formula is C19H23F3N6O3. The fraction of sp³-hybridized carbons (Fsp3) is 0.368. The second kappa shape index (κ2) is 10.1. The van der Waals surface area contributed by atoms with Crippen LogP contribution >= 0.6 is 0 Å². The van der Waals surface area contributed by atoms with Crippen LogP contribution in [0.15, 0.2) is 29.4 Å². The summed E-state index contributed by atoms with van der Waals surface area (Å²) in [6.45, 7) is 5.39. The number of nitrogens with two attached hydrogens (primary N) is 2. The van der Waals surface area contributed by atoms with Gasteiger partial charge in [0.05, 0.1) is 16.7 Å². The van der Waals surface area contributed by atoms with Gasteiger partial charge in [-0.2, -0.15) is 13.2 Å². The molecule has 12 heteroatoms. The molecule has 31 heavy (non-hydrogen) atoms. The van der Waals surface area contributed by atoms with E-state index in [4.69, 9.17) is 26.2 Å². The zero-order valence-electron chi connectivity index (χ0n) is 17.0. The number of carbonyl (C=O) groups is 1. The number of anilines is 1. The van der Waals surface area contributed by atoms with Crippen LogP contribution in [0.1, 0.15) is 26.1 Å². The van der Waals surface area contributed by atoms with E-state index in [1.165, 1.54) is 0 Å². The van der Waals surface area contributed by atoms with Crippen LogP contribution in [0.2, 0.25) is 0 Å². The van der Waals surface area contributed by atoms with Gasteiger partial charge >= 0.3 is 12.1 Å². The molecule has 0 amide bonds. The van der Waals surface area contributed by atoms with Crippen LogP contribution in [-0.4, -0.2) is 44.0 Å². The molecule has 0 unspecified atom stereocenters. The van der Waals surface area contributed by atoms with Crippen LogP contribution in [0.5, 0.6) is 0 Å². The molecule has 0 saturated carbocycles. The summed E-state index contributed by atoms with van der Waals surface area (Å²) in [5.74, 6) is -1.56. The highest BCUT2D eigenvalue weighted by molar-refractivity contribution is 6.06. The first-order chi connectivity index (χ1) is 14.6. The lowest BCUT2D eigenvalue weighted by Gasteiger charge is -2.10. The number of halogens is 3. The standard InChI is InChI=1S/C17H22N6O.C2HF3O2/c1-11(2)22-24-10-14-21-15-16(23(14)9-5-8-18)12-6-3-4-7-13(12)20-17(15)19;3-2(4,5)1(6)7/h3-4,6-7H,5,8-10,18H2,1-2H3,(H2,19,20);(H,6,7). The molecule has 1 aromatic carbocycles. The van der Waals surface area contributed by atoms with Crippen molar-refractivity contribution in [1.29, 1.82) is 0 Å². The van der Waals surface area contributed by atoms with Gasteiger partial charge in [0.1, 0.15) is 5.52 Å². The lowest BCUT2D eigenvalue weighted by atomic mass is 10.2. The number of fused-ring (bicyclic) bond motifs is 3. The van der Waals surface area contributed by atoms with Gasteiger partial charge in [0.2, 0.25) is 0 Å². The van der Waals surface area contributed by atoms with Crippen LogP contribution in [0.3, 0.4) is 0 Å². The number of aliphatic carboxylic acids is 1. The Labute approximate surface area is 175 Å². The van der Waals surface area contributed by atoms with Gasteiger partial charge in [-0.15, -0.1) is 0 Å². The van der Waals surface area contributed by atoms with Gasteiger partial charge in [-0.25, -0.2) is 14.8 Å². The third-order valence-electron chi connectivity index (χ3n) is 3.96. The molecule has 0 aliphatic rings. The second-order valence-electron chi connectivity index (χ2n) is 6.65. The van der Waals surface area contributed by atoms with E-state index in [0.29, 0.717) is 17.9 Å². The van der Waals surface area contributed by atoms with E-state index in [2.05, 4.69) is 19.7 Å². The number of para-hydroxylation sites is 1. The molecule has 0 bridgehead atoms. The fourth-order valence-electron chi connectivity index (χ4n) is 2.72. The summed E-state index contributed by atoms with van der Waals surface area (Å²) in [5.41, 5.74) is 15.2. The fourth-order valence-corrected chi connectivity index (χ4v) is 2.72. The lowest BCUT2D eigenvalue weighted by molar-refractivity contribution is -0.192. The number of aromatic nitrogens is 3. The van der Waals surface area contributed by atoms with Crippen molar-refractivity contribution >= 4 is 39.4 Å². The van der Waals surface area contributed by atoms with Crippen molar-refractivity contribution in [2.45, 2.75) is 39.6 Å². The Balaban J connectivity index is 0.000000423. The number of carboxylic acids is 1. The van der Waals surface area contributed by atoms with Gasteiger partial charge < -0.3 is 26.0 Å². The summed E-state index contributed by atoms with van der Waals surface area (Å²) < 4.78 is 33.9. The molecule has 0 atom stereocenters. The number of alkyl halides is 3. The number of aryl methyl sites for hydroxylation is 1. The van der Waals surface area contributed by atoms with Crippen molar-refractivity contribution < 1.29 is 27.9 Å². The number of nitrogens with zero attached hydrogens (tertiary/aromatic N) is 4. The third kappa shape index (κ3) is 6.04. The van der Waals surface area contributed by atoms with Crippen molar-refractivity contribution in [3.63, 3.8) is 0 Å². The zero-order chi connectivity index (χ0) is 23.2. The molecule has 0 saturated heterocycles. The summed E-state index contributed by atoms with van der Waals surface area (Å²) in [6.07, 6.45) is -4.24. The quantitative estimate of drug-likeness (QED) is 0.395. The highest BCUT2D eigenvalue weighted by Crippen LogP contribution is 2.29. The molecule has 9 nitrogen and oxygen atoms in total. The van der Waals surface area contributed by atoms with Gasteiger partial charge in [0.15, 0.2) is 18.2 Å². The number of benzene rings is 1. The Hall–Kier alpha value is -3.41. The molecule has 2 heterocycles. The predicted molar refractivity (Wildman–Crippen MR) is 110 cm³/mol. The molecule has 5 N–H and O–H groups in total. The van der Waals surface area contributed by atoms with Crippen molar-refractivity contribution in [2.24, 2.45) is 10.9 Å². The number of carboxylic acid groups (broad SMARTS) is 1. The van der Waals surface area contributed by atoms with Gasteiger partial charge in [-0.3, -0.25) is 0 Å². The number of oxime groups is 1.